The summed E-state index contributed by atoms with van der Waals surface area (Å²) < 4.78 is 0. The van der Waals surface area contributed by atoms with Crippen molar-refractivity contribution in [1.82, 2.24) is 19.9 Å². The van der Waals surface area contributed by atoms with Gasteiger partial charge >= 0.3 is 0 Å². The molecule has 108 valence electrons. The molecule has 0 aliphatic heterocycles. The zero-order valence-electron chi connectivity index (χ0n) is 12.4. The molecule has 3 aromatic heterocycles. The maximum absolute atomic E-state index is 5.90. The van der Waals surface area contributed by atoms with E-state index in [4.69, 9.17) is 5.73 Å². The molecule has 0 aromatic carbocycles. The highest BCUT2D eigenvalue weighted by molar-refractivity contribution is 5.93. The lowest BCUT2D eigenvalue weighted by molar-refractivity contribution is 0.943. The normalized spacial score (nSPS) is 11.0. The van der Waals surface area contributed by atoms with E-state index in [1.165, 1.54) is 0 Å². The molecule has 0 radical (unpaired) electrons. The Balaban J connectivity index is 2.26. The Bertz CT molecular complexity index is 790. The highest BCUT2D eigenvalue weighted by atomic mass is 15.2. The number of nitrogens with one attached hydrogen (secondary N) is 1. The zero-order chi connectivity index (χ0) is 15.0. The van der Waals surface area contributed by atoms with E-state index in [0.29, 0.717) is 11.8 Å². The molecular weight excluding hydrogens is 264 g/mol. The van der Waals surface area contributed by atoms with Crippen LogP contribution in [-0.4, -0.2) is 34.0 Å². The Kier molecular flexibility index (Phi) is 3.21. The average molecular weight is 282 g/mol. The minimum Gasteiger partial charge on any atom is -0.384 e. The Morgan fingerprint density at radius 3 is 2.71 bits per heavy atom. The number of anilines is 2. The molecule has 0 saturated heterocycles. The standard InChI is InChI=1S/C15H18N6/c1-4-9-7-12(19-15(18-9)21(2)3)11-8-13(16)20-14-10(11)5-6-17-14/h5-8H,4H2,1-3H3,(H3,16,17,20). The zero-order valence-corrected chi connectivity index (χ0v) is 12.4. The summed E-state index contributed by atoms with van der Waals surface area (Å²) in [5.74, 6) is 1.17. The molecule has 3 aromatic rings. The molecule has 3 heterocycles. The summed E-state index contributed by atoms with van der Waals surface area (Å²) in [6.07, 6.45) is 2.71. The smallest absolute Gasteiger partial charge is 0.225 e. The van der Waals surface area contributed by atoms with E-state index >= 15 is 0 Å². The minimum absolute atomic E-state index is 0.475. The number of nitrogens with two attached hydrogens (primary N) is 1. The van der Waals surface area contributed by atoms with Crippen molar-refractivity contribution in [3.63, 3.8) is 0 Å². The molecule has 0 amide bonds. The number of pyridine rings is 1. The highest BCUT2D eigenvalue weighted by Crippen LogP contribution is 2.29. The fourth-order valence-corrected chi connectivity index (χ4v) is 2.27. The van der Waals surface area contributed by atoms with Gasteiger partial charge < -0.3 is 15.6 Å². The van der Waals surface area contributed by atoms with Gasteiger partial charge in [-0.05, 0) is 24.6 Å². The molecule has 0 saturated carbocycles. The largest absolute Gasteiger partial charge is 0.384 e. The van der Waals surface area contributed by atoms with E-state index < -0.39 is 0 Å². The maximum atomic E-state index is 5.90. The molecule has 6 nitrogen and oxygen atoms in total. The molecule has 0 fully saturated rings. The molecule has 0 unspecified atom stereocenters. The number of aromatic amines is 1. The van der Waals surface area contributed by atoms with Crippen LogP contribution in [0.1, 0.15) is 12.6 Å². The predicted octanol–water partition coefficient (Wildman–Crippen LogP) is 2.23. The molecular formula is C15H18N6. The lowest BCUT2D eigenvalue weighted by atomic mass is 10.1. The van der Waals surface area contributed by atoms with Crippen molar-refractivity contribution < 1.29 is 0 Å². The Hall–Kier alpha value is -2.63. The van der Waals surface area contributed by atoms with Gasteiger partial charge in [-0.1, -0.05) is 6.92 Å². The Morgan fingerprint density at radius 2 is 2.00 bits per heavy atom. The Labute approximate surface area is 123 Å². The van der Waals surface area contributed by atoms with Crippen molar-refractivity contribution in [2.75, 3.05) is 24.7 Å². The summed E-state index contributed by atoms with van der Waals surface area (Å²) in [6.45, 7) is 2.08. The van der Waals surface area contributed by atoms with Gasteiger partial charge in [0, 0.05) is 36.9 Å². The van der Waals surface area contributed by atoms with Gasteiger partial charge in [0.15, 0.2) is 0 Å². The number of aromatic nitrogens is 4. The van der Waals surface area contributed by atoms with Gasteiger partial charge in [-0.3, -0.25) is 0 Å². The van der Waals surface area contributed by atoms with E-state index in [1.807, 2.05) is 43.4 Å². The third-order valence-corrected chi connectivity index (χ3v) is 3.35. The predicted molar refractivity (Wildman–Crippen MR) is 85.2 cm³/mol. The van der Waals surface area contributed by atoms with Crippen molar-refractivity contribution in [2.24, 2.45) is 0 Å². The fraction of sp³-hybridized carbons (Fsp3) is 0.267. The van der Waals surface area contributed by atoms with Crippen LogP contribution >= 0.6 is 0 Å². The molecule has 0 bridgehead atoms. The molecule has 3 N–H and O–H groups in total. The van der Waals surface area contributed by atoms with Crippen LogP contribution in [0, 0.1) is 0 Å². The molecule has 21 heavy (non-hydrogen) atoms. The van der Waals surface area contributed by atoms with Crippen molar-refractivity contribution in [1.29, 1.82) is 0 Å². The molecule has 0 spiro atoms. The number of aryl methyl sites for hydroxylation is 1. The lowest BCUT2D eigenvalue weighted by Crippen LogP contribution is -2.14. The summed E-state index contributed by atoms with van der Waals surface area (Å²) in [7, 11) is 3.87. The van der Waals surface area contributed by atoms with Gasteiger partial charge in [0.05, 0.1) is 5.69 Å². The lowest BCUT2D eigenvalue weighted by Gasteiger charge is -2.13. The van der Waals surface area contributed by atoms with Gasteiger partial charge in [0.25, 0.3) is 0 Å². The van der Waals surface area contributed by atoms with Crippen LogP contribution in [-0.2, 0) is 6.42 Å². The van der Waals surface area contributed by atoms with Crippen LogP contribution < -0.4 is 10.6 Å². The average Bonchev–Trinajstić information content (AvgIpc) is 2.93. The van der Waals surface area contributed by atoms with Gasteiger partial charge in [-0.2, -0.15) is 0 Å². The second kappa shape index (κ2) is 5.05. The number of nitrogens with zero attached hydrogens (tertiary/aromatic N) is 4. The summed E-state index contributed by atoms with van der Waals surface area (Å²) in [5, 5.41) is 1.01. The van der Waals surface area contributed by atoms with E-state index in [9.17, 15) is 0 Å². The van der Waals surface area contributed by atoms with Crippen LogP contribution in [0.5, 0.6) is 0 Å². The molecule has 0 aliphatic rings. The number of hydrogen-bond acceptors (Lipinski definition) is 5. The van der Waals surface area contributed by atoms with Crippen molar-refractivity contribution in [2.45, 2.75) is 13.3 Å². The molecule has 0 aliphatic carbocycles. The fourth-order valence-electron chi connectivity index (χ4n) is 2.27. The first-order chi connectivity index (χ1) is 10.1. The summed E-state index contributed by atoms with van der Waals surface area (Å²) in [6, 6.07) is 5.85. The number of hydrogen-bond donors (Lipinski definition) is 2. The first kappa shape index (κ1) is 13.4. The first-order valence-corrected chi connectivity index (χ1v) is 6.87. The maximum Gasteiger partial charge on any atom is 0.225 e. The quantitative estimate of drug-likeness (QED) is 0.769. The van der Waals surface area contributed by atoms with Crippen LogP contribution in [0.25, 0.3) is 22.3 Å². The number of rotatable bonds is 3. The molecule has 0 atom stereocenters. The van der Waals surface area contributed by atoms with Gasteiger partial charge in [-0.15, -0.1) is 0 Å². The van der Waals surface area contributed by atoms with E-state index in [0.717, 1.165) is 34.4 Å². The monoisotopic (exact) mass is 282 g/mol. The van der Waals surface area contributed by atoms with E-state index in [2.05, 4.69) is 26.9 Å². The van der Waals surface area contributed by atoms with Crippen LogP contribution in [0.15, 0.2) is 24.4 Å². The second-order valence-corrected chi connectivity index (χ2v) is 5.13. The molecule has 3 rings (SSSR count). The second-order valence-electron chi connectivity index (χ2n) is 5.13. The van der Waals surface area contributed by atoms with Crippen molar-refractivity contribution in [3.05, 3.63) is 30.1 Å². The van der Waals surface area contributed by atoms with Crippen LogP contribution in [0.4, 0.5) is 11.8 Å². The number of fused-ring (bicyclic) bond motifs is 1. The molecule has 6 heteroatoms. The Morgan fingerprint density at radius 1 is 1.19 bits per heavy atom. The third-order valence-electron chi connectivity index (χ3n) is 3.35. The van der Waals surface area contributed by atoms with Crippen LogP contribution in [0.2, 0.25) is 0 Å². The SMILES string of the molecule is CCc1cc(-c2cc(N)nc3[nH]ccc23)nc(N(C)C)n1. The van der Waals surface area contributed by atoms with E-state index in [1.54, 1.807) is 0 Å². The van der Waals surface area contributed by atoms with Crippen LogP contribution in [0.3, 0.4) is 0 Å². The topological polar surface area (TPSA) is 83.7 Å². The van der Waals surface area contributed by atoms with Crippen molar-refractivity contribution in [3.8, 4) is 11.3 Å². The number of nitrogen functional groups attached to an aromatic ring is 1. The van der Waals surface area contributed by atoms with Gasteiger partial charge in [0.2, 0.25) is 5.95 Å². The van der Waals surface area contributed by atoms with E-state index in [-0.39, 0.29) is 0 Å². The summed E-state index contributed by atoms with van der Waals surface area (Å²) in [5.41, 5.74) is 9.51. The summed E-state index contributed by atoms with van der Waals surface area (Å²) in [4.78, 5) is 18.5. The third kappa shape index (κ3) is 2.40. The van der Waals surface area contributed by atoms with Gasteiger partial charge in [-0.25, -0.2) is 15.0 Å². The summed E-state index contributed by atoms with van der Waals surface area (Å²) >= 11 is 0. The van der Waals surface area contributed by atoms with Crippen molar-refractivity contribution >= 4 is 22.8 Å². The highest BCUT2D eigenvalue weighted by Gasteiger charge is 2.12. The van der Waals surface area contributed by atoms with Gasteiger partial charge in [0.1, 0.15) is 11.5 Å². The first-order valence-electron chi connectivity index (χ1n) is 6.87. The minimum atomic E-state index is 0.475. The number of H-pyrrole nitrogens is 1.